The maximum Gasteiger partial charge on any atom is 0.186 e. The number of thiazole rings is 1. The van der Waals surface area contributed by atoms with E-state index in [0.717, 1.165) is 25.9 Å². The standard InChI is InChI=1S/C15H21N3S2/c1-4-12-14(9-16-3)20-15(17-12)18-7-5-13-11(10(18)2)6-8-19-13/h6,8,10,16H,4-5,7,9H2,1-3H3. The number of fused-ring (bicyclic) bond motifs is 1. The molecule has 2 aromatic rings. The van der Waals surface area contributed by atoms with Crippen molar-refractivity contribution < 1.29 is 0 Å². The Labute approximate surface area is 128 Å². The third-order valence-electron chi connectivity index (χ3n) is 3.96. The lowest BCUT2D eigenvalue weighted by molar-refractivity contribution is 0.630. The minimum atomic E-state index is 0.447. The first kappa shape index (κ1) is 14.0. The molecule has 0 aromatic carbocycles. The summed E-state index contributed by atoms with van der Waals surface area (Å²) in [6.07, 6.45) is 2.17. The van der Waals surface area contributed by atoms with Crippen molar-refractivity contribution in [2.75, 3.05) is 18.5 Å². The molecule has 1 unspecified atom stereocenters. The fourth-order valence-corrected chi connectivity index (χ4v) is 5.07. The maximum atomic E-state index is 4.89. The molecule has 20 heavy (non-hydrogen) atoms. The van der Waals surface area contributed by atoms with E-state index in [1.807, 2.05) is 29.7 Å². The van der Waals surface area contributed by atoms with E-state index in [2.05, 4.69) is 35.5 Å². The molecule has 1 aliphatic heterocycles. The Bertz CT molecular complexity index is 588. The molecule has 108 valence electrons. The summed E-state index contributed by atoms with van der Waals surface area (Å²) in [7, 11) is 2.00. The molecule has 1 aliphatic rings. The molecule has 0 radical (unpaired) electrons. The van der Waals surface area contributed by atoms with E-state index in [-0.39, 0.29) is 0 Å². The third kappa shape index (κ3) is 2.38. The van der Waals surface area contributed by atoms with Crippen LogP contribution in [0.25, 0.3) is 0 Å². The lowest BCUT2D eigenvalue weighted by Gasteiger charge is -2.33. The van der Waals surface area contributed by atoms with Crippen molar-refractivity contribution in [3.63, 3.8) is 0 Å². The van der Waals surface area contributed by atoms with Crippen molar-refractivity contribution in [3.05, 3.63) is 32.5 Å². The average Bonchev–Trinajstić information content (AvgIpc) is 3.06. The van der Waals surface area contributed by atoms with Gasteiger partial charge in [-0.25, -0.2) is 4.98 Å². The molecule has 0 fully saturated rings. The SMILES string of the molecule is CCc1nc(N2CCc3sccc3C2C)sc1CNC. The number of nitrogens with one attached hydrogen (secondary N) is 1. The molecule has 2 aromatic heterocycles. The van der Waals surface area contributed by atoms with Gasteiger partial charge in [-0.15, -0.1) is 22.7 Å². The Morgan fingerprint density at radius 2 is 2.35 bits per heavy atom. The van der Waals surface area contributed by atoms with Crippen LogP contribution in [-0.2, 0) is 19.4 Å². The number of hydrogen-bond donors (Lipinski definition) is 1. The van der Waals surface area contributed by atoms with E-state index >= 15 is 0 Å². The van der Waals surface area contributed by atoms with Gasteiger partial charge in [0.05, 0.1) is 11.7 Å². The first-order valence-electron chi connectivity index (χ1n) is 7.20. The predicted octanol–water partition coefficient (Wildman–Crippen LogP) is 3.61. The highest BCUT2D eigenvalue weighted by atomic mass is 32.1. The minimum Gasteiger partial charge on any atom is -0.341 e. The second-order valence-corrected chi connectivity index (χ2v) is 7.23. The largest absolute Gasteiger partial charge is 0.341 e. The van der Waals surface area contributed by atoms with Gasteiger partial charge in [-0.05, 0) is 43.8 Å². The van der Waals surface area contributed by atoms with Crippen LogP contribution in [0.2, 0.25) is 0 Å². The lowest BCUT2D eigenvalue weighted by atomic mass is 10.0. The van der Waals surface area contributed by atoms with E-state index in [1.54, 1.807) is 4.88 Å². The normalized spacial score (nSPS) is 18.4. The number of hydrogen-bond acceptors (Lipinski definition) is 5. The van der Waals surface area contributed by atoms with Crippen molar-refractivity contribution in [3.8, 4) is 0 Å². The predicted molar refractivity (Wildman–Crippen MR) is 88.0 cm³/mol. The summed E-state index contributed by atoms with van der Waals surface area (Å²) in [5.74, 6) is 0. The second kappa shape index (κ2) is 5.84. The van der Waals surface area contributed by atoms with Crippen molar-refractivity contribution >= 4 is 27.8 Å². The van der Waals surface area contributed by atoms with Crippen LogP contribution in [0.1, 0.15) is 40.9 Å². The van der Waals surface area contributed by atoms with Gasteiger partial charge in [0.15, 0.2) is 5.13 Å². The number of aromatic nitrogens is 1. The topological polar surface area (TPSA) is 28.2 Å². The molecular formula is C15H21N3S2. The molecule has 0 saturated heterocycles. The van der Waals surface area contributed by atoms with Gasteiger partial charge in [0.1, 0.15) is 0 Å². The average molecular weight is 307 g/mol. The Morgan fingerprint density at radius 3 is 3.10 bits per heavy atom. The van der Waals surface area contributed by atoms with Crippen LogP contribution < -0.4 is 10.2 Å². The molecule has 0 aliphatic carbocycles. The van der Waals surface area contributed by atoms with Gasteiger partial charge in [0.2, 0.25) is 0 Å². The van der Waals surface area contributed by atoms with Gasteiger partial charge in [0, 0.05) is 22.8 Å². The molecule has 3 heterocycles. The van der Waals surface area contributed by atoms with E-state index in [1.165, 1.54) is 21.3 Å². The van der Waals surface area contributed by atoms with Crippen LogP contribution >= 0.6 is 22.7 Å². The lowest BCUT2D eigenvalue weighted by Crippen LogP contribution is -2.32. The van der Waals surface area contributed by atoms with Crippen LogP contribution in [0.15, 0.2) is 11.4 Å². The third-order valence-corrected chi connectivity index (χ3v) is 6.09. The zero-order valence-electron chi connectivity index (χ0n) is 12.3. The Morgan fingerprint density at radius 1 is 1.50 bits per heavy atom. The Kier molecular flexibility index (Phi) is 4.10. The highest BCUT2D eigenvalue weighted by Gasteiger charge is 2.27. The van der Waals surface area contributed by atoms with Crippen molar-refractivity contribution in [2.24, 2.45) is 0 Å². The van der Waals surface area contributed by atoms with Crippen LogP contribution in [0.5, 0.6) is 0 Å². The molecule has 0 bridgehead atoms. The summed E-state index contributed by atoms with van der Waals surface area (Å²) < 4.78 is 0. The van der Waals surface area contributed by atoms with Crippen LogP contribution in [0.3, 0.4) is 0 Å². The number of nitrogens with zero attached hydrogens (tertiary/aromatic N) is 2. The smallest absolute Gasteiger partial charge is 0.186 e. The van der Waals surface area contributed by atoms with E-state index in [4.69, 9.17) is 4.98 Å². The van der Waals surface area contributed by atoms with Gasteiger partial charge in [-0.3, -0.25) is 0 Å². The Balaban J connectivity index is 1.90. The highest BCUT2D eigenvalue weighted by Crippen LogP contribution is 2.38. The van der Waals surface area contributed by atoms with Crippen molar-refractivity contribution in [2.45, 2.75) is 39.3 Å². The first-order valence-corrected chi connectivity index (χ1v) is 8.90. The first-order chi connectivity index (χ1) is 9.74. The van der Waals surface area contributed by atoms with Crippen LogP contribution in [0.4, 0.5) is 5.13 Å². The molecule has 1 N–H and O–H groups in total. The number of thiophene rings is 1. The molecular weight excluding hydrogens is 286 g/mol. The van der Waals surface area contributed by atoms with E-state index in [0.29, 0.717) is 6.04 Å². The summed E-state index contributed by atoms with van der Waals surface area (Å²) in [5.41, 5.74) is 2.74. The monoisotopic (exact) mass is 307 g/mol. The van der Waals surface area contributed by atoms with Gasteiger partial charge in [-0.2, -0.15) is 0 Å². The zero-order valence-corrected chi connectivity index (χ0v) is 13.9. The summed E-state index contributed by atoms with van der Waals surface area (Å²) in [5, 5.41) is 6.66. The van der Waals surface area contributed by atoms with Crippen molar-refractivity contribution in [1.29, 1.82) is 0 Å². The number of rotatable bonds is 4. The molecule has 3 nitrogen and oxygen atoms in total. The van der Waals surface area contributed by atoms with Crippen molar-refractivity contribution in [1.82, 2.24) is 10.3 Å². The molecule has 0 amide bonds. The number of aryl methyl sites for hydroxylation is 1. The fraction of sp³-hybridized carbons (Fsp3) is 0.533. The summed E-state index contributed by atoms with van der Waals surface area (Å²) >= 11 is 3.75. The minimum absolute atomic E-state index is 0.447. The van der Waals surface area contributed by atoms with Crippen LogP contribution in [0, 0.1) is 0 Å². The van der Waals surface area contributed by atoms with Gasteiger partial charge >= 0.3 is 0 Å². The van der Waals surface area contributed by atoms with Crippen LogP contribution in [-0.4, -0.2) is 18.6 Å². The molecule has 1 atom stereocenters. The molecule has 0 spiro atoms. The summed E-state index contributed by atoms with van der Waals surface area (Å²) in [6, 6.07) is 2.72. The second-order valence-electron chi connectivity index (χ2n) is 5.17. The van der Waals surface area contributed by atoms with E-state index in [9.17, 15) is 0 Å². The summed E-state index contributed by atoms with van der Waals surface area (Å²) in [6.45, 7) is 6.50. The molecule has 0 saturated carbocycles. The molecule has 5 heteroatoms. The maximum absolute atomic E-state index is 4.89. The quantitative estimate of drug-likeness (QED) is 0.935. The zero-order chi connectivity index (χ0) is 14.1. The van der Waals surface area contributed by atoms with E-state index < -0.39 is 0 Å². The van der Waals surface area contributed by atoms with Gasteiger partial charge in [-0.1, -0.05) is 6.92 Å². The van der Waals surface area contributed by atoms with Gasteiger partial charge in [0.25, 0.3) is 0 Å². The molecule has 3 rings (SSSR count). The summed E-state index contributed by atoms with van der Waals surface area (Å²) in [4.78, 5) is 10.3. The van der Waals surface area contributed by atoms with Gasteiger partial charge < -0.3 is 10.2 Å². The fourth-order valence-electron chi connectivity index (χ4n) is 2.84. The highest BCUT2D eigenvalue weighted by molar-refractivity contribution is 7.15. The number of anilines is 1. The Hall–Kier alpha value is -0.910.